The normalized spacial score (nSPS) is 21.0. The highest BCUT2D eigenvalue weighted by molar-refractivity contribution is 5.97. The van der Waals surface area contributed by atoms with Crippen LogP contribution < -0.4 is 20.4 Å². The van der Waals surface area contributed by atoms with Gasteiger partial charge in [0.25, 0.3) is 11.8 Å². The maximum Gasteiger partial charge on any atom is 0.284 e. The van der Waals surface area contributed by atoms with Gasteiger partial charge in [-0.1, -0.05) is 6.92 Å². The number of hydrazine groups is 1. The zero-order valence-electron chi connectivity index (χ0n) is 19.5. The van der Waals surface area contributed by atoms with E-state index in [1.165, 1.54) is 0 Å². The van der Waals surface area contributed by atoms with Crippen LogP contribution in [0.3, 0.4) is 0 Å². The number of anilines is 2. The van der Waals surface area contributed by atoms with Gasteiger partial charge in [-0.3, -0.25) is 19.9 Å². The van der Waals surface area contributed by atoms with Crippen molar-refractivity contribution in [2.24, 2.45) is 0 Å². The average molecular weight is 466 g/mol. The van der Waals surface area contributed by atoms with E-state index in [0.29, 0.717) is 23.7 Å². The zero-order chi connectivity index (χ0) is 23.5. The molecule has 2 aromatic rings. The SMILES string of the molecule is CCC1Oc2ncc(CN3CCN(c4ccc(C(=O)NN5CCCC5)nc4)CC3)cc2NC1=O. The van der Waals surface area contributed by atoms with Gasteiger partial charge in [0.2, 0.25) is 5.88 Å². The first-order chi connectivity index (χ1) is 16.6. The molecule has 2 aromatic heterocycles. The predicted molar refractivity (Wildman–Crippen MR) is 128 cm³/mol. The first-order valence-electron chi connectivity index (χ1n) is 12.0. The highest BCUT2D eigenvalue weighted by Crippen LogP contribution is 2.29. The number of nitrogens with one attached hydrogen (secondary N) is 2. The summed E-state index contributed by atoms with van der Waals surface area (Å²) in [5.74, 6) is 0.226. The van der Waals surface area contributed by atoms with Crippen molar-refractivity contribution in [3.63, 3.8) is 0 Å². The summed E-state index contributed by atoms with van der Waals surface area (Å²) in [6.45, 7) is 8.02. The summed E-state index contributed by atoms with van der Waals surface area (Å²) < 4.78 is 5.68. The van der Waals surface area contributed by atoms with Crippen LogP contribution in [0.1, 0.15) is 42.2 Å². The minimum atomic E-state index is -0.470. The lowest BCUT2D eigenvalue weighted by Gasteiger charge is -2.36. The van der Waals surface area contributed by atoms with Crippen LogP contribution in [0.4, 0.5) is 11.4 Å². The molecule has 0 aliphatic carbocycles. The predicted octanol–water partition coefficient (Wildman–Crippen LogP) is 1.65. The number of aromatic nitrogens is 2. The number of pyridine rings is 2. The molecule has 0 bridgehead atoms. The number of carbonyl (C=O) groups is 2. The summed E-state index contributed by atoms with van der Waals surface area (Å²) in [5.41, 5.74) is 6.08. The van der Waals surface area contributed by atoms with Gasteiger partial charge in [-0.05, 0) is 43.0 Å². The van der Waals surface area contributed by atoms with Gasteiger partial charge < -0.3 is 15.0 Å². The highest BCUT2D eigenvalue weighted by Gasteiger charge is 2.27. The van der Waals surface area contributed by atoms with E-state index in [4.69, 9.17) is 4.74 Å². The maximum atomic E-state index is 12.4. The summed E-state index contributed by atoms with van der Waals surface area (Å²) in [6.07, 6.45) is 5.99. The fraction of sp³-hybridized carbons (Fsp3) is 0.500. The average Bonchev–Trinajstić information content (AvgIpc) is 3.37. The molecular weight excluding hydrogens is 434 g/mol. The fourth-order valence-electron chi connectivity index (χ4n) is 4.60. The quantitative estimate of drug-likeness (QED) is 0.664. The van der Waals surface area contributed by atoms with Gasteiger partial charge in [0.05, 0.1) is 11.9 Å². The number of piperazine rings is 1. The first-order valence-corrected chi connectivity index (χ1v) is 12.0. The number of carbonyl (C=O) groups excluding carboxylic acids is 2. The van der Waals surface area contributed by atoms with E-state index < -0.39 is 6.10 Å². The second kappa shape index (κ2) is 9.94. The molecule has 2 saturated heterocycles. The summed E-state index contributed by atoms with van der Waals surface area (Å²) in [4.78, 5) is 37.9. The van der Waals surface area contributed by atoms with E-state index >= 15 is 0 Å². The number of hydrogen-bond acceptors (Lipinski definition) is 8. The molecule has 34 heavy (non-hydrogen) atoms. The van der Waals surface area contributed by atoms with E-state index in [1.807, 2.05) is 30.3 Å². The number of nitrogens with zero attached hydrogens (tertiary/aromatic N) is 5. The lowest BCUT2D eigenvalue weighted by atomic mass is 10.1. The Balaban J connectivity index is 1.13. The molecule has 2 fully saturated rings. The van der Waals surface area contributed by atoms with Crippen LogP contribution in [0, 0.1) is 0 Å². The Labute approximate surface area is 199 Å². The van der Waals surface area contributed by atoms with E-state index in [0.717, 1.165) is 69.9 Å². The largest absolute Gasteiger partial charge is 0.463 e. The van der Waals surface area contributed by atoms with Gasteiger partial charge in [0.15, 0.2) is 6.10 Å². The Morgan fingerprint density at radius 3 is 2.62 bits per heavy atom. The molecular formula is C24H31N7O3. The van der Waals surface area contributed by atoms with Crippen LogP contribution in [0.5, 0.6) is 5.88 Å². The Morgan fingerprint density at radius 2 is 1.91 bits per heavy atom. The number of rotatable bonds is 6. The molecule has 5 heterocycles. The molecule has 3 aliphatic rings. The lowest BCUT2D eigenvalue weighted by Crippen LogP contribution is -2.46. The van der Waals surface area contributed by atoms with E-state index in [-0.39, 0.29) is 11.8 Å². The van der Waals surface area contributed by atoms with Crippen LogP contribution in [0.25, 0.3) is 0 Å². The van der Waals surface area contributed by atoms with Gasteiger partial charge in [-0.15, -0.1) is 0 Å². The van der Waals surface area contributed by atoms with Crippen molar-refractivity contribution in [1.82, 2.24) is 25.3 Å². The van der Waals surface area contributed by atoms with Crippen LogP contribution in [0.15, 0.2) is 30.6 Å². The third-order valence-corrected chi connectivity index (χ3v) is 6.57. The fourth-order valence-corrected chi connectivity index (χ4v) is 4.60. The van der Waals surface area contributed by atoms with Crippen molar-refractivity contribution >= 4 is 23.2 Å². The maximum absolute atomic E-state index is 12.4. The monoisotopic (exact) mass is 465 g/mol. The summed E-state index contributed by atoms with van der Waals surface area (Å²) in [5, 5.41) is 4.86. The molecule has 0 spiro atoms. The molecule has 1 unspecified atom stereocenters. The molecule has 3 aliphatic heterocycles. The smallest absolute Gasteiger partial charge is 0.284 e. The molecule has 0 radical (unpaired) electrons. The van der Waals surface area contributed by atoms with Crippen LogP contribution in [0.2, 0.25) is 0 Å². The van der Waals surface area contributed by atoms with E-state index in [9.17, 15) is 9.59 Å². The molecule has 1 atom stereocenters. The van der Waals surface area contributed by atoms with Crippen LogP contribution in [-0.4, -0.2) is 77.1 Å². The molecule has 10 nitrogen and oxygen atoms in total. The van der Waals surface area contributed by atoms with Gasteiger partial charge in [0.1, 0.15) is 11.4 Å². The Bertz CT molecular complexity index is 1030. The highest BCUT2D eigenvalue weighted by atomic mass is 16.5. The first kappa shape index (κ1) is 22.5. The number of hydrogen-bond donors (Lipinski definition) is 2. The van der Waals surface area contributed by atoms with Gasteiger partial charge in [-0.25, -0.2) is 15.0 Å². The van der Waals surface area contributed by atoms with Crippen LogP contribution in [-0.2, 0) is 11.3 Å². The Hall–Kier alpha value is -3.24. The van der Waals surface area contributed by atoms with Crippen LogP contribution >= 0.6 is 0 Å². The van der Waals surface area contributed by atoms with Gasteiger partial charge in [0, 0.05) is 52.0 Å². The second-order valence-corrected chi connectivity index (χ2v) is 9.00. The number of amides is 2. The zero-order valence-corrected chi connectivity index (χ0v) is 19.5. The molecule has 10 heteroatoms. The number of ether oxygens (including phenoxy) is 1. The molecule has 0 aromatic carbocycles. The number of fused-ring (bicyclic) bond motifs is 1. The van der Waals surface area contributed by atoms with Crippen molar-refractivity contribution < 1.29 is 14.3 Å². The van der Waals surface area contributed by atoms with Crippen molar-refractivity contribution in [2.45, 2.75) is 38.8 Å². The summed E-state index contributed by atoms with van der Waals surface area (Å²) in [6, 6.07) is 5.72. The molecule has 180 valence electrons. The molecule has 5 rings (SSSR count). The second-order valence-electron chi connectivity index (χ2n) is 9.00. The van der Waals surface area contributed by atoms with Crippen molar-refractivity contribution in [1.29, 1.82) is 0 Å². The standard InChI is InChI=1S/C24H31N7O3/c1-2-21-23(33)27-20-13-17(14-26-24(20)34-21)16-29-9-11-30(12-10-29)18-5-6-19(25-15-18)22(32)28-31-7-3-4-8-31/h5-6,13-15,21H,2-4,7-12,16H2,1H3,(H,27,33)(H,28,32). The molecule has 0 saturated carbocycles. The molecule has 2 N–H and O–H groups in total. The Morgan fingerprint density at radius 1 is 1.12 bits per heavy atom. The Kier molecular flexibility index (Phi) is 6.59. The summed E-state index contributed by atoms with van der Waals surface area (Å²) >= 11 is 0. The third-order valence-electron chi connectivity index (χ3n) is 6.57. The lowest BCUT2D eigenvalue weighted by molar-refractivity contribution is -0.123. The van der Waals surface area contributed by atoms with E-state index in [2.05, 4.69) is 30.5 Å². The minimum Gasteiger partial charge on any atom is -0.463 e. The minimum absolute atomic E-state index is 0.115. The van der Waals surface area contributed by atoms with Crippen molar-refractivity contribution in [3.05, 3.63) is 41.9 Å². The summed E-state index contributed by atoms with van der Waals surface area (Å²) in [7, 11) is 0. The molecule has 2 amide bonds. The van der Waals surface area contributed by atoms with E-state index in [1.54, 1.807) is 12.3 Å². The third kappa shape index (κ3) is 4.97. The van der Waals surface area contributed by atoms with Crippen molar-refractivity contribution in [3.8, 4) is 5.88 Å². The van der Waals surface area contributed by atoms with Gasteiger partial charge in [-0.2, -0.15) is 0 Å². The van der Waals surface area contributed by atoms with Gasteiger partial charge >= 0.3 is 0 Å². The topological polar surface area (TPSA) is 103 Å². The van der Waals surface area contributed by atoms with Crippen molar-refractivity contribution in [2.75, 3.05) is 49.5 Å².